The molecule has 3 unspecified atom stereocenters. The van der Waals surface area contributed by atoms with E-state index >= 15 is 0 Å². The zero-order chi connectivity index (χ0) is 12.5. The maximum absolute atomic E-state index is 6.52. The van der Waals surface area contributed by atoms with Gasteiger partial charge in [0.15, 0.2) is 0 Å². The Kier molecular flexibility index (Phi) is 3.92. The fraction of sp³-hybridized carbons (Fsp3) is 1.00. The highest BCUT2D eigenvalue weighted by Crippen LogP contribution is 2.39. The molecule has 0 aromatic carbocycles. The van der Waals surface area contributed by atoms with Crippen LogP contribution in [0.5, 0.6) is 0 Å². The lowest BCUT2D eigenvalue weighted by molar-refractivity contribution is 0.0543. The summed E-state index contributed by atoms with van der Waals surface area (Å²) < 4.78 is 5.44. The third-order valence-corrected chi connectivity index (χ3v) is 5.69. The van der Waals surface area contributed by atoms with E-state index in [2.05, 4.69) is 11.9 Å². The Morgan fingerprint density at radius 1 is 1.11 bits per heavy atom. The van der Waals surface area contributed by atoms with Gasteiger partial charge in [0.1, 0.15) is 0 Å². The minimum Gasteiger partial charge on any atom is -0.381 e. The lowest BCUT2D eigenvalue weighted by Crippen LogP contribution is -2.46. The number of fused-ring (bicyclic) bond motifs is 2. The fourth-order valence-electron chi connectivity index (χ4n) is 4.36. The second kappa shape index (κ2) is 5.48. The van der Waals surface area contributed by atoms with Crippen molar-refractivity contribution in [3.05, 3.63) is 0 Å². The Labute approximate surface area is 111 Å². The van der Waals surface area contributed by atoms with Crippen LogP contribution in [0.2, 0.25) is 0 Å². The molecular weight excluding hydrogens is 224 g/mol. The van der Waals surface area contributed by atoms with Crippen molar-refractivity contribution in [3.63, 3.8) is 0 Å². The maximum atomic E-state index is 6.52. The number of ether oxygens (including phenoxy) is 1. The van der Waals surface area contributed by atoms with Crippen LogP contribution >= 0.6 is 0 Å². The SMILES string of the molecule is CN1C2CCC1CC(C(N)CC1CCOCC1)C2. The molecule has 3 nitrogen and oxygen atoms in total. The molecule has 104 valence electrons. The predicted molar refractivity (Wildman–Crippen MR) is 73.4 cm³/mol. The largest absolute Gasteiger partial charge is 0.381 e. The molecular formula is C15H28N2O. The smallest absolute Gasteiger partial charge is 0.0468 e. The van der Waals surface area contributed by atoms with Crippen LogP contribution in [0.1, 0.15) is 44.9 Å². The highest BCUT2D eigenvalue weighted by atomic mass is 16.5. The average molecular weight is 252 g/mol. The van der Waals surface area contributed by atoms with Crippen LogP contribution in [0, 0.1) is 11.8 Å². The Bertz CT molecular complexity index is 264. The van der Waals surface area contributed by atoms with Crippen molar-refractivity contribution in [2.24, 2.45) is 17.6 Å². The van der Waals surface area contributed by atoms with Crippen LogP contribution < -0.4 is 5.73 Å². The maximum Gasteiger partial charge on any atom is 0.0468 e. The van der Waals surface area contributed by atoms with Gasteiger partial charge in [-0.1, -0.05) is 0 Å². The summed E-state index contributed by atoms with van der Waals surface area (Å²) in [6.07, 6.45) is 9.19. The summed E-state index contributed by atoms with van der Waals surface area (Å²) in [5.41, 5.74) is 6.52. The molecule has 3 fully saturated rings. The van der Waals surface area contributed by atoms with Crippen LogP contribution in [0.4, 0.5) is 0 Å². The summed E-state index contributed by atoms with van der Waals surface area (Å²) >= 11 is 0. The highest BCUT2D eigenvalue weighted by molar-refractivity contribution is 4.96. The van der Waals surface area contributed by atoms with Gasteiger partial charge in [0.25, 0.3) is 0 Å². The molecule has 18 heavy (non-hydrogen) atoms. The normalized spacial score (nSPS) is 40.0. The van der Waals surface area contributed by atoms with Gasteiger partial charge in [-0.15, -0.1) is 0 Å². The van der Waals surface area contributed by atoms with Gasteiger partial charge in [0, 0.05) is 31.3 Å². The molecule has 0 saturated carbocycles. The van der Waals surface area contributed by atoms with Gasteiger partial charge in [-0.3, -0.25) is 0 Å². The van der Waals surface area contributed by atoms with E-state index in [0.717, 1.165) is 37.1 Å². The number of piperidine rings is 1. The lowest BCUT2D eigenvalue weighted by atomic mass is 9.80. The summed E-state index contributed by atoms with van der Waals surface area (Å²) in [6, 6.07) is 2.09. The molecule has 0 amide bonds. The molecule has 3 aliphatic heterocycles. The Balaban J connectivity index is 1.52. The van der Waals surface area contributed by atoms with E-state index in [-0.39, 0.29) is 0 Å². The summed E-state index contributed by atoms with van der Waals surface area (Å²) in [4.78, 5) is 2.61. The van der Waals surface area contributed by atoms with Crippen molar-refractivity contribution < 1.29 is 4.74 Å². The molecule has 0 aliphatic carbocycles. The molecule has 0 aromatic rings. The molecule has 0 spiro atoms. The molecule has 3 heterocycles. The van der Waals surface area contributed by atoms with E-state index in [1.54, 1.807) is 0 Å². The van der Waals surface area contributed by atoms with Crippen molar-refractivity contribution >= 4 is 0 Å². The van der Waals surface area contributed by atoms with E-state index < -0.39 is 0 Å². The molecule has 2 bridgehead atoms. The first kappa shape index (κ1) is 12.9. The van der Waals surface area contributed by atoms with Crippen molar-refractivity contribution in [1.29, 1.82) is 0 Å². The van der Waals surface area contributed by atoms with Gasteiger partial charge in [-0.2, -0.15) is 0 Å². The Hall–Kier alpha value is -0.120. The van der Waals surface area contributed by atoms with Crippen LogP contribution in [0.3, 0.4) is 0 Å². The predicted octanol–water partition coefficient (Wildman–Crippen LogP) is 2.00. The zero-order valence-electron chi connectivity index (χ0n) is 11.7. The Morgan fingerprint density at radius 2 is 1.72 bits per heavy atom. The van der Waals surface area contributed by atoms with E-state index in [1.165, 1.54) is 44.9 Å². The number of nitrogens with zero attached hydrogens (tertiary/aromatic N) is 1. The highest BCUT2D eigenvalue weighted by Gasteiger charge is 2.40. The number of rotatable bonds is 3. The van der Waals surface area contributed by atoms with Crippen LogP contribution in [0.15, 0.2) is 0 Å². The topological polar surface area (TPSA) is 38.5 Å². The van der Waals surface area contributed by atoms with Gasteiger partial charge in [-0.25, -0.2) is 0 Å². The van der Waals surface area contributed by atoms with E-state index in [0.29, 0.717) is 6.04 Å². The van der Waals surface area contributed by atoms with Crippen LogP contribution in [-0.2, 0) is 4.74 Å². The molecule has 3 rings (SSSR count). The molecule has 0 radical (unpaired) electrons. The minimum absolute atomic E-state index is 0.435. The summed E-state index contributed by atoms with van der Waals surface area (Å²) in [5.74, 6) is 1.60. The second-order valence-corrected chi connectivity index (χ2v) is 6.74. The first-order valence-corrected chi connectivity index (χ1v) is 7.79. The van der Waals surface area contributed by atoms with E-state index in [9.17, 15) is 0 Å². The first-order valence-electron chi connectivity index (χ1n) is 7.79. The first-order chi connectivity index (χ1) is 8.74. The van der Waals surface area contributed by atoms with Gasteiger partial charge >= 0.3 is 0 Å². The third-order valence-electron chi connectivity index (χ3n) is 5.69. The Morgan fingerprint density at radius 3 is 2.33 bits per heavy atom. The lowest BCUT2D eigenvalue weighted by Gasteiger charge is -2.39. The molecule has 0 aromatic heterocycles. The molecule has 3 aliphatic rings. The summed E-state index contributed by atoms with van der Waals surface area (Å²) in [7, 11) is 2.31. The average Bonchev–Trinajstić information content (AvgIpc) is 2.63. The van der Waals surface area contributed by atoms with E-state index in [1.807, 2.05) is 0 Å². The minimum atomic E-state index is 0.435. The van der Waals surface area contributed by atoms with Gasteiger partial charge < -0.3 is 15.4 Å². The monoisotopic (exact) mass is 252 g/mol. The van der Waals surface area contributed by atoms with Crippen LogP contribution in [-0.4, -0.2) is 43.3 Å². The molecule has 3 heteroatoms. The standard InChI is InChI=1S/C15H28N2O/c1-17-13-2-3-14(17)10-12(9-13)15(16)8-11-4-6-18-7-5-11/h11-15H,2-10,16H2,1H3. The third kappa shape index (κ3) is 2.59. The molecule has 3 atom stereocenters. The number of hydrogen-bond donors (Lipinski definition) is 1. The molecule has 2 N–H and O–H groups in total. The van der Waals surface area contributed by atoms with Crippen molar-refractivity contribution in [3.8, 4) is 0 Å². The quantitative estimate of drug-likeness (QED) is 0.835. The molecule has 3 saturated heterocycles. The van der Waals surface area contributed by atoms with E-state index in [4.69, 9.17) is 10.5 Å². The van der Waals surface area contributed by atoms with Gasteiger partial charge in [-0.05, 0) is 63.8 Å². The van der Waals surface area contributed by atoms with Crippen molar-refractivity contribution in [2.75, 3.05) is 20.3 Å². The van der Waals surface area contributed by atoms with Crippen molar-refractivity contribution in [2.45, 2.75) is 63.1 Å². The number of hydrogen-bond acceptors (Lipinski definition) is 3. The second-order valence-electron chi connectivity index (χ2n) is 6.74. The summed E-state index contributed by atoms with van der Waals surface area (Å²) in [6.45, 7) is 1.91. The zero-order valence-corrected chi connectivity index (χ0v) is 11.7. The fourth-order valence-corrected chi connectivity index (χ4v) is 4.36. The van der Waals surface area contributed by atoms with Gasteiger partial charge in [0.2, 0.25) is 0 Å². The van der Waals surface area contributed by atoms with Crippen molar-refractivity contribution in [1.82, 2.24) is 4.90 Å². The van der Waals surface area contributed by atoms with Gasteiger partial charge in [0.05, 0.1) is 0 Å². The number of nitrogens with two attached hydrogens (primary N) is 1. The summed E-state index contributed by atoms with van der Waals surface area (Å²) in [5, 5.41) is 0. The van der Waals surface area contributed by atoms with Crippen LogP contribution in [0.25, 0.3) is 0 Å².